The van der Waals surface area contributed by atoms with E-state index in [0.29, 0.717) is 0 Å². The molecule has 0 radical (unpaired) electrons. The number of aromatic carboxylic acids is 1. The van der Waals surface area contributed by atoms with E-state index in [2.05, 4.69) is 0 Å². The first kappa shape index (κ1) is 15.4. The fourth-order valence-corrected chi connectivity index (χ4v) is 4.64. The van der Waals surface area contributed by atoms with Crippen LogP contribution in [0.5, 0.6) is 0 Å². The van der Waals surface area contributed by atoms with E-state index in [4.69, 9.17) is 14.6 Å². The maximum atomic E-state index is 12.4. The molecule has 2 atom stereocenters. The van der Waals surface area contributed by atoms with Gasteiger partial charge in [-0.25, -0.2) is 13.2 Å². The molecule has 1 saturated heterocycles. The van der Waals surface area contributed by atoms with Crippen LogP contribution in [0.2, 0.25) is 0 Å². The highest BCUT2D eigenvalue weighted by Gasteiger charge is 2.40. The molecule has 0 bridgehead atoms. The van der Waals surface area contributed by atoms with Crippen molar-refractivity contribution in [3.63, 3.8) is 0 Å². The third-order valence-electron chi connectivity index (χ3n) is 3.21. The zero-order valence-corrected chi connectivity index (χ0v) is 12.6. The molecule has 0 saturated carbocycles. The van der Waals surface area contributed by atoms with Crippen LogP contribution in [0.25, 0.3) is 0 Å². The number of nitrogens with zero attached hydrogens (tertiary/aromatic N) is 1. The van der Waals surface area contributed by atoms with Gasteiger partial charge in [-0.2, -0.15) is 4.31 Å². The number of ether oxygens (including phenoxy) is 2. The van der Waals surface area contributed by atoms with Crippen LogP contribution in [0.3, 0.4) is 0 Å². The summed E-state index contributed by atoms with van der Waals surface area (Å²) in [6, 6.07) is 1.17. The van der Waals surface area contributed by atoms with Crippen molar-refractivity contribution in [2.45, 2.75) is 17.1 Å². The van der Waals surface area contributed by atoms with E-state index in [0.717, 1.165) is 11.3 Å². The average molecular weight is 321 g/mol. The van der Waals surface area contributed by atoms with Crippen molar-refractivity contribution in [2.75, 3.05) is 27.3 Å². The normalized spacial score (nSPS) is 24.1. The van der Waals surface area contributed by atoms with Gasteiger partial charge in [0, 0.05) is 32.7 Å². The Labute approximate surface area is 120 Å². The van der Waals surface area contributed by atoms with Crippen LogP contribution in [0, 0.1) is 0 Å². The van der Waals surface area contributed by atoms with E-state index in [1.807, 2.05) is 0 Å². The number of sulfonamides is 1. The van der Waals surface area contributed by atoms with E-state index in [1.165, 1.54) is 30.0 Å². The Morgan fingerprint density at radius 2 is 1.90 bits per heavy atom. The van der Waals surface area contributed by atoms with E-state index >= 15 is 0 Å². The lowest BCUT2D eigenvalue weighted by atomic mass is 10.3. The molecule has 1 fully saturated rings. The van der Waals surface area contributed by atoms with Crippen molar-refractivity contribution < 1.29 is 27.8 Å². The summed E-state index contributed by atoms with van der Waals surface area (Å²) < 4.78 is 36.5. The molecule has 0 amide bonds. The molecule has 1 N–H and O–H groups in total. The number of hydrogen-bond acceptors (Lipinski definition) is 6. The third-order valence-corrected chi connectivity index (χ3v) is 6.09. The number of methoxy groups -OCH3 is 2. The molecule has 2 unspecified atom stereocenters. The average Bonchev–Trinajstić information content (AvgIpc) is 3.05. The summed E-state index contributed by atoms with van der Waals surface area (Å²) in [5.41, 5.74) is 0. The Morgan fingerprint density at radius 1 is 1.35 bits per heavy atom. The number of carbonyl (C=O) groups is 1. The van der Waals surface area contributed by atoms with Gasteiger partial charge in [0.15, 0.2) is 0 Å². The summed E-state index contributed by atoms with van der Waals surface area (Å²) in [6.07, 6.45) is -0.653. The van der Waals surface area contributed by atoms with Gasteiger partial charge in [0.05, 0.1) is 17.1 Å². The van der Waals surface area contributed by atoms with Crippen molar-refractivity contribution in [1.82, 2.24) is 4.31 Å². The zero-order chi connectivity index (χ0) is 14.9. The predicted molar refractivity (Wildman–Crippen MR) is 71.6 cm³/mol. The van der Waals surface area contributed by atoms with Crippen LogP contribution in [0.1, 0.15) is 9.67 Å². The molecule has 1 aromatic heterocycles. The van der Waals surface area contributed by atoms with Gasteiger partial charge in [-0.3, -0.25) is 0 Å². The molecular weight excluding hydrogens is 306 g/mol. The van der Waals surface area contributed by atoms with Crippen LogP contribution in [-0.4, -0.2) is 63.3 Å². The maximum absolute atomic E-state index is 12.4. The standard InChI is InChI=1S/C11H15NO6S2/c1-17-8-4-12(5-9(8)18-2)20(15,16)7-3-10(11(13)14)19-6-7/h3,6,8-9H,4-5H2,1-2H3,(H,13,14). The minimum atomic E-state index is -3.72. The van der Waals surface area contributed by atoms with E-state index in [1.54, 1.807) is 0 Å². The SMILES string of the molecule is COC1CN(S(=O)(=O)c2csc(C(=O)O)c2)CC1OC. The van der Waals surface area contributed by atoms with Gasteiger partial charge in [0.25, 0.3) is 0 Å². The van der Waals surface area contributed by atoms with Crippen LogP contribution in [0.4, 0.5) is 0 Å². The van der Waals surface area contributed by atoms with Gasteiger partial charge in [0.2, 0.25) is 10.0 Å². The summed E-state index contributed by atoms with van der Waals surface area (Å²) in [4.78, 5) is 10.8. The monoisotopic (exact) mass is 321 g/mol. The molecule has 1 aromatic rings. The van der Waals surface area contributed by atoms with Gasteiger partial charge < -0.3 is 14.6 Å². The predicted octanol–water partition coefficient (Wildman–Crippen LogP) is 0.481. The highest BCUT2D eigenvalue weighted by molar-refractivity contribution is 7.89. The van der Waals surface area contributed by atoms with Crippen LogP contribution in [-0.2, 0) is 19.5 Å². The highest BCUT2D eigenvalue weighted by Crippen LogP contribution is 2.27. The Balaban J connectivity index is 2.24. The fraction of sp³-hybridized carbons (Fsp3) is 0.545. The van der Waals surface area contributed by atoms with Crippen molar-refractivity contribution >= 4 is 27.3 Å². The third kappa shape index (κ3) is 2.72. The first-order valence-corrected chi connectivity index (χ1v) is 8.09. The molecule has 2 rings (SSSR count). The largest absolute Gasteiger partial charge is 0.477 e. The molecule has 112 valence electrons. The number of carboxylic acids is 1. The van der Waals surface area contributed by atoms with Gasteiger partial charge in [-0.1, -0.05) is 0 Å². The minimum absolute atomic E-state index is 0.00523. The van der Waals surface area contributed by atoms with Gasteiger partial charge in [-0.05, 0) is 6.07 Å². The molecule has 1 aliphatic heterocycles. The first-order chi connectivity index (χ1) is 9.40. The Bertz CT molecular complexity index is 584. The van der Waals surface area contributed by atoms with Crippen LogP contribution in [0.15, 0.2) is 16.3 Å². The Morgan fingerprint density at radius 3 is 2.30 bits per heavy atom. The van der Waals surface area contributed by atoms with E-state index < -0.39 is 16.0 Å². The molecule has 0 aliphatic carbocycles. The van der Waals surface area contributed by atoms with E-state index in [9.17, 15) is 13.2 Å². The Kier molecular flexibility index (Phi) is 4.45. The number of hydrogen-bond donors (Lipinski definition) is 1. The van der Waals surface area contributed by atoms with Crippen molar-refractivity contribution in [2.24, 2.45) is 0 Å². The smallest absolute Gasteiger partial charge is 0.345 e. The molecule has 9 heteroatoms. The summed E-state index contributed by atoms with van der Waals surface area (Å²) in [7, 11) is -0.717. The van der Waals surface area contributed by atoms with Gasteiger partial charge >= 0.3 is 5.97 Å². The molecule has 0 spiro atoms. The number of thiophene rings is 1. The molecular formula is C11H15NO6S2. The number of rotatable bonds is 5. The Hall–Kier alpha value is -1.00. The summed E-state index contributed by atoms with van der Waals surface area (Å²) in [5.74, 6) is -1.14. The second-order valence-electron chi connectivity index (χ2n) is 4.32. The van der Waals surface area contributed by atoms with Crippen LogP contribution < -0.4 is 0 Å². The van der Waals surface area contributed by atoms with Gasteiger partial charge in [0.1, 0.15) is 4.88 Å². The second-order valence-corrected chi connectivity index (χ2v) is 7.17. The topological polar surface area (TPSA) is 93.1 Å². The molecule has 7 nitrogen and oxygen atoms in total. The summed E-state index contributed by atoms with van der Waals surface area (Å²) in [5, 5.41) is 10.2. The van der Waals surface area contributed by atoms with Crippen molar-refractivity contribution in [3.05, 3.63) is 16.3 Å². The van der Waals surface area contributed by atoms with Gasteiger partial charge in [-0.15, -0.1) is 11.3 Å². The molecule has 20 heavy (non-hydrogen) atoms. The molecule has 1 aliphatic rings. The van der Waals surface area contributed by atoms with Crippen molar-refractivity contribution in [1.29, 1.82) is 0 Å². The summed E-state index contributed by atoms with van der Waals surface area (Å²) >= 11 is 0.889. The summed E-state index contributed by atoms with van der Waals surface area (Å²) in [6.45, 7) is 0.380. The minimum Gasteiger partial charge on any atom is -0.477 e. The zero-order valence-electron chi connectivity index (χ0n) is 11.0. The second kappa shape index (κ2) is 5.78. The van der Waals surface area contributed by atoms with Crippen LogP contribution >= 0.6 is 11.3 Å². The fourth-order valence-electron chi connectivity index (χ4n) is 2.08. The highest BCUT2D eigenvalue weighted by atomic mass is 32.2. The van der Waals surface area contributed by atoms with E-state index in [-0.39, 0.29) is 35.1 Å². The lowest BCUT2D eigenvalue weighted by Gasteiger charge is -2.14. The molecule has 0 aromatic carbocycles. The maximum Gasteiger partial charge on any atom is 0.345 e. The lowest BCUT2D eigenvalue weighted by molar-refractivity contribution is -0.00461. The molecule has 2 heterocycles. The first-order valence-electron chi connectivity index (χ1n) is 5.77. The quantitative estimate of drug-likeness (QED) is 0.848. The lowest BCUT2D eigenvalue weighted by Crippen LogP contribution is -2.29. The number of carboxylic acid groups (broad SMARTS) is 1. The van der Waals surface area contributed by atoms with Crippen molar-refractivity contribution in [3.8, 4) is 0 Å².